The molecule has 6 nitrogen and oxygen atoms in total. The fraction of sp³-hybridized carbons (Fsp3) is 0.238. The number of nitrogens with zero attached hydrogens (tertiary/aromatic N) is 1. The van der Waals surface area contributed by atoms with Crippen molar-refractivity contribution in [2.45, 2.75) is 19.9 Å². The number of anilines is 1. The Bertz CT molecular complexity index is 977. The molecule has 3 rings (SSSR count). The van der Waals surface area contributed by atoms with Crippen LogP contribution in [0.4, 0.5) is 5.69 Å². The summed E-state index contributed by atoms with van der Waals surface area (Å²) < 4.78 is 10.7. The van der Waals surface area contributed by atoms with Gasteiger partial charge >= 0.3 is 0 Å². The average Bonchev–Trinajstić information content (AvgIpc) is 3.05. The van der Waals surface area contributed by atoms with Gasteiger partial charge in [-0.3, -0.25) is 9.59 Å². The number of furan rings is 1. The number of rotatable bonds is 6. The average molecular weight is 366 g/mol. The van der Waals surface area contributed by atoms with E-state index in [4.69, 9.17) is 9.15 Å². The Kier molecular flexibility index (Phi) is 5.45. The van der Waals surface area contributed by atoms with Crippen LogP contribution in [-0.4, -0.2) is 30.9 Å². The SMILES string of the molecule is COc1ccc2c(CC(=O)Nc3ccccc3CN(C)C(C)=O)coc2c1. The lowest BCUT2D eigenvalue weighted by atomic mass is 10.1. The maximum Gasteiger partial charge on any atom is 0.228 e. The zero-order valence-corrected chi connectivity index (χ0v) is 15.6. The molecule has 0 aliphatic rings. The lowest BCUT2D eigenvalue weighted by Crippen LogP contribution is -2.24. The van der Waals surface area contributed by atoms with Crippen LogP contribution in [0.3, 0.4) is 0 Å². The van der Waals surface area contributed by atoms with E-state index in [-0.39, 0.29) is 18.2 Å². The number of hydrogen-bond donors (Lipinski definition) is 1. The van der Waals surface area contributed by atoms with Gasteiger partial charge in [0.05, 0.1) is 19.8 Å². The highest BCUT2D eigenvalue weighted by atomic mass is 16.5. The van der Waals surface area contributed by atoms with Gasteiger partial charge in [0.1, 0.15) is 11.3 Å². The van der Waals surface area contributed by atoms with Gasteiger partial charge in [0.15, 0.2) is 0 Å². The highest BCUT2D eigenvalue weighted by Crippen LogP contribution is 2.26. The number of nitrogens with one attached hydrogen (secondary N) is 1. The molecule has 1 heterocycles. The summed E-state index contributed by atoms with van der Waals surface area (Å²) in [6.45, 7) is 1.94. The summed E-state index contributed by atoms with van der Waals surface area (Å²) in [6.07, 6.45) is 1.79. The van der Waals surface area contributed by atoms with E-state index in [0.29, 0.717) is 23.6 Å². The van der Waals surface area contributed by atoms with Crippen LogP contribution in [0, 0.1) is 0 Å². The predicted octanol–water partition coefficient (Wildman–Crippen LogP) is 3.60. The quantitative estimate of drug-likeness (QED) is 0.723. The van der Waals surface area contributed by atoms with Gasteiger partial charge in [0, 0.05) is 43.2 Å². The first-order valence-corrected chi connectivity index (χ1v) is 8.61. The largest absolute Gasteiger partial charge is 0.497 e. The first-order chi connectivity index (χ1) is 13.0. The highest BCUT2D eigenvalue weighted by molar-refractivity contribution is 5.96. The van der Waals surface area contributed by atoms with E-state index in [1.807, 2.05) is 36.4 Å². The summed E-state index contributed by atoms with van der Waals surface area (Å²) in [4.78, 5) is 25.6. The number of carbonyl (C=O) groups excluding carboxylic acids is 2. The third-order valence-electron chi connectivity index (χ3n) is 4.45. The van der Waals surface area contributed by atoms with E-state index in [1.165, 1.54) is 6.92 Å². The maximum absolute atomic E-state index is 12.6. The Morgan fingerprint density at radius 1 is 1.15 bits per heavy atom. The second-order valence-corrected chi connectivity index (χ2v) is 6.38. The van der Waals surface area contributed by atoms with E-state index in [9.17, 15) is 9.59 Å². The Morgan fingerprint density at radius 3 is 2.67 bits per heavy atom. The Balaban J connectivity index is 1.74. The first-order valence-electron chi connectivity index (χ1n) is 8.61. The maximum atomic E-state index is 12.6. The standard InChI is InChI=1S/C21H22N2O4/c1-14(24)23(2)12-15-6-4-5-7-19(15)22-21(25)10-16-13-27-20-11-17(26-3)8-9-18(16)20/h4-9,11,13H,10,12H2,1-3H3,(H,22,25). The van der Waals surface area contributed by atoms with Gasteiger partial charge < -0.3 is 19.4 Å². The van der Waals surface area contributed by atoms with Crippen molar-refractivity contribution in [2.24, 2.45) is 0 Å². The van der Waals surface area contributed by atoms with Crippen LogP contribution < -0.4 is 10.1 Å². The van der Waals surface area contributed by atoms with Crippen LogP contribution in [0.1, 0.15) is 18.1 Å². The van der Waals surface area contributed by atoms with E-state index >= 15 is 0 Å². The van der Waals surface area contributed by atoms with Crippen molar-refractivity contribution in [3.05, 3.63) is 59.9 Å². The molecule has 0 saturated heterocycles. The molecule has 1 aromatic heterocycles. The third-order valence-corrected chi connectivity index (χ3v) is 4.45. The molecule has 0 fully saturated rings. The predicted molar refractivity (Wildman–Crippen MR) is 104 cm³/mol. The molecule has 27 heavy (non-hydrogen) atoms. The van der Waals surface area contributed by atoms with Crippen molar-refractivity contribution in [3.8, 4) is 5.75 Å². The molecule has 0 aliphatic heterocycles. The Morgan fingerprint density at radius 2 is 1.93 bits per heavy atom. The lowest BCUT2D eigenvalue weighted by Gasteiger charge is -2.17. The van der Waals surface area contributed by atoms with Crippen LogP contribution >= 0.6 is 0 Å². The molecule has 0 radical (unpaired) electrons. The molecule has 6 heteroatoms. The van der Waals surface area contributed by atoms with Crippen molar-refractivity contribution in [3.63, 3.8) is 0 Å². The summed E-state index contributed by atoms with van der Waals surface area (Å²) in [6, 6.07) is 13.0. The molecule has 0 saturated carbocycles. The Labute approximate surface area is 157 Å². The normalized spacial score (nSPS) is 10.6. The molecule has 0 unspecified atom stereocenters. The number of amides is 2. The number of fused-ring (bicyclic) bond motifs is 1. The van der Waals surface area contributed by atoms with Crippen LogP contribution in [0.15, 0.2) is 53.1 Å². The van der Waals surface area contributed by atoms with E-state index in [1.54, 1.807) is 31.4 Å². The molecule has 0 bridgehead atoms. The minimum absolute atomic E-state index is 0.0311. The minimum Gasteiger partial charge on any atom is -0.497 e. The van der Waals surface area contributed by atoms with Crippen molar-refractivity contribution in [1.29, 1.82) is 0 Å². The second-order valence-electron chi connectivity index (χ2n) is 6.38. The summed E-state index contributed by atoms with van der Waals surface area (Å²) >= 11 is 0. The molecule has 0 aliphatic carbocycles. The van der Waals surface area contributed by atoms with Gasteiger partial charge in [0.2, 0.25) is 11.8 Å². The molecule has 0 spiro atoms. The van der Waals surface area contributed by atoms with Gasteiger partial charge in [-0.25, -0.2) is 0 Å². The third kappa shape index (κ3) is 4.28. The number of para-hydroxylation sites is 1. The van der Waals surface area contributed by atoms with Crippen molar-refractivity contribution >= 4 is 28.5 Å². The van der Waals surface area contributed by atoms with Crippen LogP contribution in [0.25, 0.3) is 11.0 Å². The van der Waals surface area contributed by atoms with Crippen molar-refractivity contribution in [2.75, 3.05) is 19.5 Å². The zero-order chi connectivity index (χ0) is 19.4. The van der Waals surface area contributed by atoms with Crippen molar-refractivity contribution in [1.82, 2.24) is 4.90 Å². The fourth-order valence-electron chi connectivity index (χ4n) is 2.84. The summed E-state index contributed by atoms with van der Waals surface area (Å²) in [5.74, 6) is 0.527. The van der Waals surface area contributed by atoms with Crippen LogP contribution in [0.2, 0.25) is 0 Å². The Hall–Kier alpha value is -3.28. The molecular weight excluding hydrogens is 344 g/mol. The van der Waals surface area contributed by atoms with Gasteiger partial charge in [-0.1, -0.05) is 18.2 Å². The van der Waals surface area contributed by atoms with Gasteiger partial charge in [-0.05, 0) is 23.8 Å². The summed E-state index contributed by atoms with van der Waals surface area (Å²) in [7, 11) is 3.33. The number of carbonyl (C=O) groups is 2. The lowest BCUT2D eigenvalue weighted by molar-refractivity contribution is -0.128. The van der Waals surface area contributed by atoms with E-state index in [2.05, 4.69) is 5.32 Å². The molecule has 1 N–H and O–H groups in total. The van der Waals surface area contributed by atoms with E-state index < -0.39 is 0 Å². The van der Waals surface area contributed by atoms with E-state index in [0.717, 1.165) is 16.5 Å². The molecule has 2 aromatic carbocycles. The number of ether oxygens (including phenoxy) is 1. The van der Waals surface area contributed by atoms with Gasteiger partial charge in [-0.2, -0.15) is 0 Å². The molecular formula is C21H22N2O4. The zero-order valence-electron chi connectivity index (χ0n) is 15.6. The molecule has 2 amide bonds. The molecule has 0 atom stereocenters. The molecule has 140 valence electrons. The van der Waals surface area contributed by atoms with Crippen LogP contribution in [-0.2, 0) is 22.6 Å². The highest BCUT2D eigenvalue weighted by Gasteiger charge is 2.14. The summed E-state index contributed by atoms with van der Waals surface area (Å²) in [5.41, 5.74) is 3.07. The topological polar surface area (TPSA) is 71.8 Å². The summed E-state index contributed by atoms with van der Waals surface area (Å²) in [5, 5.41) is 3.82. The minimum atomic E-state index is -0.147. The first kappa shape index (κ1) is 18.5. The van der Waals surface area contributed by atoms with Gasteiger partial charge in [0.25, 0.3) is 0 Å². The molecule has 3 aromatic rings. The van der Waals surface area contributed by atoms with Gasteiger partial charge in [-0.15, -0.1) is 0 Å². The number of hydrogen-bond acceptors (Lipinski definition) is 4. The smallest absolute Gasteiger partial charge is 0.228 e. The van der Waals surface area contributed by atoms with Crippen molar-refractivity contribution < 1.29 is 18.7 Å². The number of methoxy groups -OCH3 is 1. The second kappa shape index (κ2) is 7.95. The fourth-order valence-corrected chi connectivity index (χ4v) is 2.84. The monoisotopic (exact) mass is 366 g/mol. The number of benzene rings is 2. The van der Waals surface area contributed by atoms with Crippen LogP contribution in [0.5, 0.6) is 5.75 Å².